The van der Waals surface area contributed by atoms with Crippen LogP contribution < -0.4 is 0 Å². The number of rotatable bonds is 6. The minimum Gasteiger partial charge on any atom is -0.395 e. The lowest BCUT2D eigenvalue weighted by Gasteiger charge is -2.34. The van der Waals surface area contributed by atoms with Crippen LogP contribution in [0, 0.1) is 0 Å². The Balaban J connectivity index is 1.84. The number of carbonyl (C=O) groups excluding carboxylic acids is 1. The van der Waals surface area contributed by atoms with Gasteiger partial charge in [0.05, 0.1) is 37.7 Å². The number of aliphatic hydroxyl groups is 1. The third-order valence-corrected chi connectivity index (χ3v) is 5.18. The summed E-state index contributed by atoms with van der Waals surface area (Å²) in [4.78, 5) is 17.4. The molecule has 0 unspecified atom stereocenters. The van der Waals surface area contributed by atoms with E-state index in [0.29, 0.717) is 44.9 Å². The molecule has 8 heteroatoms. The van der Waals surface area contributed by atoms with E-state index in [-0.39, 0.29) is 24.7 Å². The van der Waals surface area contributed by atoms with Crippen LogP contribution in [0.2, 0.25) is 0 Å². The number of amides is 1. The number of piperazine rings is 1. The van der Waals surface area contributed by atoms with Gasteiger partial charge in [0.2, 0.25) is 0 Å². The van der Waals surface area contributed by atoms with Crippen LogP contribution in [0.3, 0.4) is 0 Å². The second-order valence-electron chi connectivity index (χ2n) is 7.08. The number of β-amino-alcohol motifs (C(OH)–C–C–N with tert-alkyl or cyclic N) is 1. The first-order chi connectivity index (χ1) is 12.5. The summed E-state index contributed by atoms with van der Waals surface area (Å²) in [6.07, 6.45) is 0.675. The summed E-state index contributed by atoms with van der Waals surface area (Å²) in [5, 5.41) is 13.8. The van der Waals surface area contributed by atoms with Crippen LogP contribution in [0.5, 0.6) is 0 Å². The Morgan fingerprint density at radius 3 is 2.65 bits per heavy atom. The number of hydrogen-bond donors (Lipinski definition) is 1. The third-order valence-electron chi connectivity index (χ3n) is 5.18. The van der Waals surface area contributed by atoms with E-state index in [1.54, 1.807) is 11.8 Å². The number of ether oxygens (including phenoxy) is 2. The number of carbonyl (C=O) groups is 1. The molecule has 26 heavy (non-hydrogen) atoms. The number of hydrogen-bond acceptors (Lipinski definition) is 6. The molecule has 1 N–H and O–H groups in total. The first kappa shape index (κ1) is 19.3. The average Bonchev–Trinajstić information content (AvgIpc) is 2.99. The van der Waals surface area contributed by atoms with Crippen molar-refractivity contribution in [2.45, 2.75) is 39.0 Å². The first-order valence-electron chi connectivity index (χ1n) is 9.41. The highest BCUT2D eigenvalue weighted by molar-refractivity contribution is 5.94. The summed E-state index contributed by atoms with van der Waals surface area (Å²) in [6.45, 7) is 8.82. The van der Waals surface area contributed by atoms with E-state index in [1.165, 1.54) is 0 Å². The molecule has 2 aliphatic rings. The second-order valence-corrected chi connectivity index (χ2v) is 7.08. The van der Waals surface area contributed by atoms with Gasteiger partial charge in [0.15, 0.2) is 0 Å². The van der Waals surface area contributed by atoms with Gasteiger partial charge in [-0.15, -0.1) is 0 Å². The van der Waals surface area contributed by atoms with Gasteiger partial charge in [0.25, 0.3) is 5.91 Å². The molecule has 2 atom stereocenters. The van der Waals surface area contributed by atoms with E-state index in [4.69, 9.17) is 14.6 Å². The van der Waals surface area contributed by atoms with Crippen LogP contribution in [0.4, 0.5) is 0 Å². The predicted molar refractivity (Wildman–Crippen MR) is 96.2 cm³/mol. The smallest absolute Gasteiger partial charge is 0.272 e. The molecule has 0 aromatic carbocycles. The Morgan fingerprint density at radius 1 is 1.27 bits per heavy atom. The molecule has 1 aromatic rings. The molecular formula is C18H30N4O4. The summed E-state index contributed by atoms with van der Waals surface area (Å²) in [5.74, 6) is 0.0415. The minimum atomic E-state index is -0.106. The van der Waals surface area contributed by atoms with Crippen molar-refractivity contribution >= 4 is 5.91 Å². The molecule has 146 valence electrons. The molecule has 0 spiro atoms. The van der Waals surface area contributed by atoms with Gasteiger partial charge in [-0.1, -0.05) is 0 Å². The van der Waals surface area contributed by atoms with Crippen molar-refractivity contribution in [3.63, 3.8) is 0 Å². The molecule has 1 amide bonds. The van der Waals surface area contributed by atoms with Crippen molar-refractivity contribution in [1.82, 2.24) is 19.6 Å². The molecule has 0 saturated carbocycles. The molecular weight excluding hydrogens is 336 g/mol. The van der Waals surface area contributed by atoms with Gasteiger partial charge in [-0.2, -0.15) is 5.10 Å². The Bertz CT molecular complexity index is 625. The SMILES string of the molecule is COCCn1nc2c(c1C(=O)N1CCN(CCO)CC1)C[C@H](C)O[C@@H]2C. The summed E-state index contributed by atoms with van der Waals surface area (Å²) < 4.78 is 12.9. The van der Waals surface area contributed by atoms with Gasteiger partial charge in [-0.05, 0) is 13.8 Å². The predicted octanol–water partition coefficient (Wildman–Crippen LogP) is 0.302. The summed E-state index contributed by atoms with van der Waals surface area (Å²) in [7, 11) is 1.65. The maximum atomic E-state index is 13.3. The lowest BCUT2D eigenvalue weighted by atomic mass is 9.99. The van der Waals surface area contributed by atoms with Crippen molar-refractivity contribution in [3.05, 3.63) is 17.0 Å². The zero-order chi connectivity index (χ0) is 18.7. The van der Waals surface area contributed by atoms with Gasteiger partial charge < -0.3 is 19.5 Å². The van der Waals surface area contributed by atoms with Crippen LogP contribution >= 0.6 is 0 Å². The maximum Gasteiger partial charge on any atom is 0.272 e. The average molecular weight is 366 g/mol. The first-order valence-corrected chi connectivity index (χ1v) is 9.41. The molecule has 3 heterocycles. The van der Waals surface area contributed by atoms with E-state index < -0.39 is 0 Å². The maximum absolute atomic E-state index is 13.3. The highest BCUT2D eigenvalue weighted by Crippen LogP contribution is 2.32. The van der Waals surface area contributed by atoms with Crippen LogP contribution in [-0.4, -0.2) is 89.7 Å². The van der Waals surface area contributed by atoms with E-state index in [1.807, 2.05) is 18.7 Å². The van der Waals surface area contributed by atoms with Gasteiger partial charge >= 0.3 is 0 Å². The summed E-state index contributed by atoms with van der Waals surface area (Å²) >= 11 is 0. The Morgan fingerprint density at radius 2 is 2.00 bits per heavy atom. The minimum absolute atomic E-state index is 0.0415. The standard InChI is InChI=1S/C18H30N4O4/c1-13-12-15-16(14(2)26-13)19-22(9-11-25-3)17(15)18(24)21-6-4-20(5-7-21)8-10-23/h13-14,23H,4-12H2,1-3H3/t13-,14+/m0/s1. The third kappa shape index (κ3) is 3.93. The van der Waals surface area contributed by atoms with E-state index >= 15 is 0 Å². The Labute approximate surface area is 154 Å². The molecule has 3 rings (SSSR count). The van der Waals surface area contributed by atoms with Crippen molar-refractivity contribution in [3.8, 4) is 0 Å². The van der Waals surface area contributed by atoms with Crippen molar-refractivity contribution in [2.24, 2.45) is 0 Å². The van der Waals surface area contributed by atoms with E-state index in [0.717, 1.165) is 24.3 Å². The van der Waals surface area contributed by atoms with Crippen LogP contribution in [0.15, 0.2) is 0 Å². The van der Waals surface area contributed by atoms with Crippen LogP contribution in [-0.2, 0) is 22.4 Å². The molecule has 1 saturated heterocycles. The van der Waals surface area contributed by atoms with E-state index in [9.17, 15) is 4.79 Å². The number of methoxy groups -OCH3 is 1. The molecule has 2 aliphatic heterocycles. The summed E-state index contributed by atoms with van der Waals surface area (Å²) in [6, 6.07) is 0. The zero-order valence-electron chi connectivity index (χ0n) is 16.0. The van der Waals surface area contributed by atoms with E-state index in [2.05, 4.69) is 10.00 Å². The highest BCUT2D eigenvalue weighted by Gasteiger charge is 2.34. The molecule has 1 aromatic heterocycles. The Hall–Kier alpha value is -1.48. The monoisotopic (exact) mass is 366 g/mol. The lowest BCUT2D eigenvalue weighted by Crippen LogP contribution is -2.49. The molecule has 0 bridgehead atoms. The fourth-order valence-electron chi connectivity index (χ4n) is 3.84. The van der Waals surface area contributed by atoms with Crippen molar-refractivity contribution in [2.75, 3.05) is 53.0 Å². The largest absolute Gasteiger partial charge is 0.395 e. The zero-order valence-corrected chi connectivity index (χ0v) is 16.0. The molecule has 8 nitrogen and oxygen atoms in total. The topological polar surface area (TPSA) is 80.1 Å². The van der Waals surface area contributed by atoms with Gasteiger partial charge in [0, 0.05) is 51.8 Å². The normalized spacial score (nSPS) is 23.9. The molecule has 0 radical (unpaired) electrons. The number of fused-ring (bicyclic) bond motifs is 1. The van der Waals surface area contributed by atoms with Crippen LogP contribution in [0.25, 0.3) is 0 Å². The van der Waals surface area contributed by atoms with Crippen LogP contribution in [0.1, 0.15) is 41.7 Å². The summed E-state index contributed by atoms with van der Waals surface area (Å²) in [5.41, 5.74) is 2.59. The highest BCUT2D eigenvalue weighted by atomic mass is 16.5. The van der Waals surface area contributed by atoms with Gasteiger partial charge in [0.1, 0.15) is 5.69 Å². The Kier molecular flexibility index (Phi) is 6.29. The molecule has 1 fully saturated rings. The molecule has 0 aliphatic carbocycles. The number of aliphatic hydroxyl groups excluding tert-OH is 1. The second kappa shape index (κ2) is 8.47. The number of nitrogens with zero attached hydrogens (tertiary/aromatic N) is 4. The fraction of sp³-hybridized carbons (Fsp3) is 0.778. The quantitative estimate of drug-likeness (QED) is 0.780. The number of aromatic nitrogens is 2. The van der Waals surface area contributed by atoms with Gasteiger partial charge in [-0.25, -0.2) is 0 Å². The van der Waals surface area contributed by atoms with Crippen molar-refractivity contribution in [1.29, 1.82) is 0 Å². The van der Waals surface area contributed by atoms with Gasteiger partial charge in [-0.3, -0.25) is 14.4 Å². The van der Waals surface area contributed by atoms with Crippen molar-refractivity contribution < 1.29 is 19.4 Å². The lowest BCUT2D eigenvalue weighted by molar-refractivity contribution is -0.00722. The fourth-order valence-corrected chi connectivity index (χ4v) is 3.84.